The second-order valence-electron chi connectivity index (χ2n) is 5.64. The zero-order valence-corrected chi connectivity index (χ0v) is 12.8. The monoisotopic (exact) mass is 286 g/mol. The molecule has 1 saturated heterocycles. The third-order valence-corrected chi connectivity index (χ3v) is 6.15. The Kier molecular flexibility index (Phi) is 4.01. The topological polar surface area (TPSA) is 63.4 Å². The number of hydrogen-bond donors (Lipinski definition) is 0. The molecule has 1 aromatic rings. The van der Waals surface area contributed by atoms with Gasteiger partial charge in [-0.3, -0.25) is 0 Å². The zero-order chi connectivity index (χ0) is 14.2. The smallest absolute Gasteiger partial charge is 0.248 e. The molecular weight excluding hydrogens is 264 g/mol. The van der Waals surface area contributed by atoms with Crippen LogP contribution < -0.4 is 0 Å². The van der Waals surface area contributed by atoms with Crippen LogP contribution in [0.5, 0.6) is 0 Å². The summed E-state index contributed by atoms with van der Waals surface area (Å²) in [4.78, 5) is 0.246. The highest BCUT2D eigenvalue weighted by Gasteiger charge is 2.34. The highest BCUT2D eigenvalue weighted by atomic mass is 32.2. The van der Waals surface area contributed by atoms with Crippen molar-refractivity contribution >= 4 is 10.0 Å². The third kappa shape index (κ3) is 2.69. The standard InChI is InChI=1S/C13H22N2O3S/c1-9(2)12-5-7-15(8-6-12)19(16,17)13-10(3)14-18-11(13)4/h9,12H,5-8H2,1-4H3. The van der Waals surface area contributed by atoms with Gasteiger partial charge in [0, 0.05) is 13.1 Å². The molecule has 2 rings (SSSR count). The summed E-state index contributed by atoms with van der Waals surface area (Å²) in [7, 11) is -3.45. The lowest BCUT2D eigenvalue weighted by Crippen LogP contribution is -2.39. The number of piperidine rings is 1. The van der Waals surface area contributed by atoms with E-state index < -0.39 is 10.0 Å². The van der Waals surface area contributed by atoms with E-state index in [2.05, 4.69) is 19.0 Å². The maximum absolute atomic E-state index is 12.6. The largest absolute Gasteiger partial charge is 0.360 e. The predicted octanol–water partition coefficient (Wildman–Crippen LogP) is 2.35. The Morgan fingerprint density at radius 2 is 1.84 bits per heavy atom. The molecule has 19 heavy (non-hydrogen) atoms. The average Bonchev–Trinajstić information content (AvgIpc) is 2.69. The summed E-state index contributed by atoms with van der Waals surface area (Å²) in [6.07, 6.45) is 1.86. The normalized spacial score (nSPS) is 19.2. The Morgan fingerprint density at radius 3 is 2.26 bits per heavy atom. The molecule has 0 bridgehead atoms. The molecule has 1 aromatic heterocycles. The number of aryl methyl sites for hydroxylation is 2. The van der Waals surface area contributed by atoms with Crippen LogP contribution in [-0.4, -0.2) is 31.0 Å². The summed E-state index contributed by atoms with van der Waals surface area (Å²) >= 11 is 0. The Balaban J connectivity index is 2.19. The van der Waals surface area contributed by atoms with Gasteiger partial charge < -0.3 is 4.52 Å². The molecule has 0 aliphatic carbocycles. The van der Waals surface area contributed by atoms with E-state index in [1.807, 2.05) is 0 Å². The maximum atomic E-state index is 12.6. The lowest BCUT2D eigenvalue weighted by molar-refractivity contribution is 0.226. The van der Waals surface area contributed by atoms with E-state index in [0.717, 1.165) is 12.8 Å². The first kappa shape index (κ1) is 14.5. The molecule has 0 atom stereocenters. The Labute approximate surface area is 115 Å². The summed E-state index contributed by atoms with van der Waals surface area (Å²) in [5.74, 6) is 1.61. The minimum atomic E-state index is -3.45. The summed E-state index contributed by atoms with van der Waals surface area (Å²) < 4.78 is 31.7. The van der Waals surface area contributed by atoms with E-state index in [9.17, 15) is 8.42 Å². The van der Waals surface area contributed by atoms with Gasteiger partial charge in [-0.2, -0.15) is 4.31 Å². The van der Waals surface area contributed by atoms with Crippen molar-refractivity contribution in [3.63, 3.8) is 0 Å². The van der Waals surface area contributed by atoms with Crippen LogP contribution in [0.2, 0.25) is 0 Å². The molecule has 0 N–H and O–H groups in total. The molecule has 5 nitrogen and oxygen atoms in total. The quantitative estimate of drug-likeness (QED) is 0.855. The molecule has 1 aliphatic rings. The second-order valence-corrected chi connectivity index (χ2v) is 7.51. The molecule has 0 spiro atoms. The molecule has 108 valence electrons. The molecular formula is C13H22N2O3S. The Hall–Kier alpha value is -0.880. The number of aromatic nitrogens is 1. The van der Waals surface area contributed by atoms with Gasteiger partial charge in [0.2, 0.25) is 10.0 Å². The van der Waals surface area contributed by atoms with Crippen LogP contribution in [0.1, 0.15) is 38.1 Å². The number of sulfonamides is 1. The van der Waals surface area contributed by atoms with Crippen molar-refractivity contribution in [2.24, 2.45) is 11.8 Å². The first-order valence-electron chi connectivity index (χ1n) is 6.77. The SMILES string of the molecule is Cc1noc(C)c1S(=O)(=O)N1CCC(C(C)C)CC1. The van der Waals surface area contributed by atoms with Gasteiger partial charge in [-0.05, 0) is 38.5 Å². The van der Waals surface area contributed by atoms with E-state index >= 15 is 0 Å². The zero-order valence-electron chi connectivity index (χ0n) is 12.0. The van der Waals surface area contributed by atoms with Crippen molar-refractivity contribution in [3.8, 4) is 0 Å². The molecule has 0 unspecified atom stereocenters. The molecule has 0 aromatic carbocycles. The minimum absolute atomic E-state index is 0.246. The molecule has 2 heterocycles. The van der Waals surface area contributed by atoms with Crippen LogP contribution in [0, 0.1) is 25.7 Å². The van der Waals surface area contributed by atoms with Crippen LogP contribution in [-0.2, 0) is 10.0 Å². The molecule has 1 aliphatic heterocycles. The van der Waals surface area contributed by atoms with E-state index in [4.69, 9.17) is 4.52 Å². The second kappa shape index (κ2) is 5.25. The van der Waals surface area contributed by atoms with Crippen LogP contribution in [0.25, 0.3) is 0 Å². The van der Waals surface area contributed by atoms with Gasteiger partial charge in [0.1, 0.15) is 10.6 Å². The lowest BCUT2D eigenvalue weighted by atomic mass is 9.87. The number of rotatable bonds is 3. The van der Waals surface area contributed by atoms with Gasteiger partial charge in [-0.1, -0.05) is 19.0 Å². The predicted molar refractivity (Wildman–Crippen MR) is 72.3 cm³/mol. The van der Waals surface area contributed by atoms with Crippen molar-refractivity contribution in [2.45, 2.75) is 45.4 Å². The van der Waals surface area contributed by atoms with E-state index in [-0.39, 0.29) is 4.90 Å². The fourth-order valence-corrected chi connectivity index (χ4v) is 4.52. The molecule has 0 amide bonds. The van der Waals surface area contributed by atoms with E-state index in [1.54, 1.807) is 18.2 Å². The van der Waals surface area contributed by atoms with Crippen LogP contribution in [0.15, 0.2) is 9.42 Å². The van der Waals surface area contributed by atoms with Crippen LogP contribution in [0.4, 0.5) is 0 Å². The van der Waals surface area contributed by atoms with Gasteiger partial charge in [0.15, 0.2) is 5.76 Å². The van der Waals surface area contributed by atoms with Crippen molar-refractivity contribution in [2.75, 3.05) is 13.1 Å². The van der Waals surface area contributed by atoms with Crippen LogP contribution in [0.3, 0.4) is 0 Å². The third-order valence-electron chi connectivity index (χ3n) is 4.01. The molecule has 0 radical (unpaired) electrons. The van der Waals surface area contributed by atoms with E-state index in [1.165, 1.54) is 0 Å². The first-order valence-corrected chi connectivity index (χ1v) is 8.21. The highest BCUT2D eigenvalue weighted by Crippen LogP contribution is 2.30. The number of hydrogen-bond acceptors (Lipinski definition) is 4. The van der Waals surface area contributed by atoms with Crippen molar-refractivity contribution in [1.29, 1.82) is 0 Å². The van der Waals surface area contributed by atoms with Gasteiger partial charge >= 0.3 is 0 Å². The molecule has 1 fully saturated rings. The summed E-state index contributed by atoms with van der Waals surface area (Å²) in [6, 6.07) is 0. The first-order chi connectivity index (χ1) is 8.84. The molecule has 6 heteroatoms. The van der Waals surface area contributed by atoms with E-state index in [0.29, 0.717) is 36.4 Å². The Morgan fingerprint density at radius 1 is 1.26 bits per heavy atom. The maximum Gasteiger partial charge on any atom is 0.248 e. The Bertz CT molecular complexity index is 521. The summed E-state index contributed by atoms with van der Waals surface area (Å²) in [5, 5.41) is 3.74. The fourth-order valence-electron chi connectivity index (χ4n) is 2.75. The minimum Gasteiger partial charge on any atom is -0.360 e. The van der Waals surface area contributed by atoms with Gasteiger partial charge in [0.25, 0.3) is 0 Å². The van der Waals surface area contributed by atoms with Crippen molar-refractivity contribution in [3.05, 3.63) is 11.5 Å². The van der Waals surface area contributed by atoms with Gasteiger partial charge in [0.05, 0.1) is 0 Å². The average molecular weight is 286 g/mol. The molecule has 0 saturated carbocycles. The van der Waals surface area contributed by atoms with Crippen molar-refractivity contribution < 1.29 is 12.9 Å². The van der Waals surface area contributed by atoms with Gasteiger partial charge in [-0.25, -0.2) is 8.42 Å². The lowest BCUT2D eigenvalue weighted by Gasteiger charge is -2.32. The summed E-state index contributed by atoms with van der Waals surface area (Å²) in [5.41, 5.74) is 0.448. The summed E-state index contributed by atoms with van der Waals surface area (Å²) in [6.45, 7) is 8.90. The highest BCUT2D eigenvalue weighted by molar-refractivity contribution is 7.89. The number of nitrogens with zero attached hydrogens (tertiary/aromatic N) is 2. The van der Waals surface area contributed by atoms with Crippen LogP contribution >= 0.6 is 0 Å². The van der Waals surface area contributed by atoms with Crippen molar-refractivity contribution in [1.82, 2.24) is 9.46 Å². The fraction of sp³-hybridized carbons (Fsp3) is 0.769. The van der Waals surface area contributed by atoms with Gasteiger partial charge in [-0.15, -0.1) is 0 Å².